The molecule has 3 aliphatic rings. The molecule has 0 spiro atoms. The van der Waals surface area contributed by atoms with Crippen molar-refractivity contribution >= 4 is 0 Å². The Morgan fingerprint density at radius 3 is 2.71 bits per heavy atom. The van der Waals surface area contributed by atoms with E-state index in [-0.39, 0.29) is 0 Å². The van der Waals surface area contributed by atoms with Crippen molar-refractivity contribution in [2.24, 2.45) is 5.92 Å². The highest BCUT2D eigenvalue weighted by Gasteiger charge is 2.38. The quantitative estimate of drug-likeness (QED) is 0.788. The third-order valence-corrected chi connectivity index (χ3v) is 4.84. The van der Waals surface area contributed by atoms with E-state index in [0.29, 0.717) is 6.10 Å². The highest BCUT2D eigenvalue weighted by molar-refractivity contribution is 4.94. The molecule has 1 saturated heterocycles. The third-order valence-electron chi connectivity index (χ3n) is 4.84. The van der Waals surface area contributed by atoms with Crippen molar-refractivity contribution < 1.29 is 4.74 Å². The summed E-state index contributed by atoms with van der Waals surface area (Å²) in [7, 11) is 1.86. The third kappa shape index (κ3) is 2.83. The van der Waals surface area contributed by atoms with Crippen LogP contribution in [0.4, 0.5) is 0 Å². The average Bonchev–Trinajstić information content (AvgIpc) is 3.12. The average molecular weight is 238 g/mol. The number of rotatable bonds is 5. The SMILES string of the molecule is COC1CCCN(C2CCC2CNC2CC2)C1. The van der Waals surface area contributed by atoms with Gasteiger partial charge < -0.3 is 10.1 Å². The van der Waals surface area contributed by atoms with Crippen LogP contribution in [-0.4, -0.2) is 49.8 Å². The summed E-state index contributed by atoms with van der Waals surface area (Å²) in [4.78, 5) is 2.69. The van der Waals surface area contributed by atoms with E-state index in [2.05, 4.69) is 10.2 Å². The smallest absolute Gasteiger partial charge is 0.0698 e. The first-order chi connectivity index (χ1) is 8.36. The van der Waals surface area contributed by atoms with Crippen LogP contribution in [0.3, 0.4) is 0 Å². The van der Waals surface area contributed by atoms with Crippen LogP contribution < -0.4 is 5.32 Å². The van der Waals surface area contributed by atoms with Crippen LogP contribution in [0, 0.1) is 5.92 Å². The van der Waals surface area contributed by atoms with Crippen LogP contribution in [0.15, 0.2) is 0 Å². The highest BCUT2D eigenvalue weighted by atomic mass is 16.5. The number of piperidine rings is 1. The molecular formula is C14H26N2O. The Labute approximate surface area is 105 Å². The second kappa shape index (κ2) is 5.25. The molecule has 3 unspecified atom stereocenters. The summed E-state index contributed by atoms with van der Waals surface area (Å²) in [6, 6.07) is 1.71. The first kappa shape index (κ1) is 11.9. The van der Waals surface area contributed by atoms with E-state index in [0.717, 1.165) is 18.0 Å². The minimum absolute atomic E-state index is 0.487. The van der Waals surface area contributed by atoms with Gasteiger partial charge in [-0.05, 0) is 57.5 Å². The molecule has 3 fully saturated rings. The normalized spacial score (nSPS) is 39.0. The lowest BCUT2D eigenvalue weighted by Gasteiger charge is -2.47. The van der Waals surface area contributed by atoms with E-state index in [1.54, 1.807) is 0 Å². The molecule has 0 bridgehead atoms. The fourth-order valence-electron chi connectivity index (χ4n) is 3.34. The van der Waals surface area contributed by atoms with Crippen LogP contribution >= 0.6 is 0 Å². The second-order valence-corrected chi connectivity index (χ2v) is 6.08. The predicted octanol–water partition coefficient (Wildman–Crippen LogP) is 1.63. The van der Waals surface area contributed by atoms with E-state index in [1.807, 2.05) is 7.11 Å². The van der Waals surface area contributed by atoms with Gasteiger partial charge in [0.2, 0.25) is 0 Å². The molecule has 3 heteroatoms. The molecule has 98 valence electrons. The summed E-state index contributed by atoms with van der Waals surface area (Å²) < 4.78 is 5.53. The van der Waals surface area contributed by atoms with Crippen molar-refractivity contribution in [2.75, 3.05) is 26.7 Å². The van der Waals surface area contributed by atoms with Gasteiger partial charge in [0.05, 0.1) is 6.10 Å². The molecule has 3 nitrogen and oxygen atoms in total. The topological polar surface area (TPSA) is 24.5 Å². The molecule has 0 aromatic heterocycles. The zero-order chi connectivity index (χ0) is 11.7. The molecule has 2 aliphatic carbocycles. The fourth-order valence-corrected chi connectivity index (χ4v) is 3.34. The summed E-state index contributed by atoms with van der Waals surface area (Å²) >= 11 is 0. The molecule has 1 heterocycles. The van der Waals surface area contributed by atoms with Crippen molar-refractivity contribution in [1.82, 2.24) is 10.2 Å². The summed E-state index contributed by atoms with van der Waals surface area (Å²) in [5, 5.41) is 3.69. The van der Waals surface area contributed by atoms with Crippen LogP contribution in [0.25, 0.3) is 0 Å². The molecule has 0 amide bonds. The second-order valence-electron chi connectivity index (χ2n) is 6.08. The molecule has 1 N–H and O–H groups in total. The Kier molecular flexibility index (Phi) is 3.69. The van der Waals surface area contributed by atoms with Gasteiger partial charge in [-0.15, -0.1) is 0 Å². The first-order valence-corrected chi connectivity index (χ1v) is 7.37. The number of hydrogen-bond acceptors (Lipinski definition) is 3. The largest absolute Gasteiger partial charge is 0.380 e. The zero-order valence-corrected chi connectivity index (χ0v) is 11.0. The summed E-state index contributed by atoms with van der Waals surface area (Å²) in [5.41, 5.74) is 0. The molecule has 1 aliphatic heterocycles. The maximum absolute atomic E-state index is 5.53. The molecule has 0 radical (unpaired) electrons. The Morgan fingerprint density at radius 2 is 2.06 bits per heavy atom. The van der Waals surface area contributed by atoms with Crippen LogP contribution in [-0.2, 0) is 4.74 Å². The van der Waals surface area contributed by atoms with Gasteiger partial charge in [-0.3, -0.25) is 4.90 Å². The number of nitrogens with zero attached hydrogens (tertiary/aromatic N) is 1. The fraction of sp³-hybridized carbons (Fsp3) is 1.00. The molecule has 3 atom stereocenters. The molecule has 0 aromatic carbocycles. The molecule has 17 heavy (non-hydrogen) atoms. The summed E-state index contributed by atoms with van der Waals surface area (Å²) in [5.74, 6) is 0.909. The van der Waals surface area contributed by atoms with Crippen molar-refractivity contribution in [3.05, 3.63) is 0 Å². The van der Waals surface area contributed by atoms with Crippen molar-refractivity contribution in [1.29, 1.82) is 0 Å². The number of nitrogens with one attached hydrogen (secondary N) is 1. The van der Waals surface area contributed by atoms with Crippen molar-refractivity contribution in [2.45, 2.75) is 56.7 Å². The van der Waals surface area contributed by atoms with Crippen LogP contribution in [0.1, 0.15) is 38.5 Å². The van der Waals surface area contributed by atoms with Gasteiger partial charge in [0, 0.05) is 25.7 Å². The van der Waals surface area contributed by atoms with Gasteiger partial charge in [0.15, 0.2) is 0 Å². The summed E-state index contributed by atoms with van der Waals surface area (Å²) in [6.45, 7) is 3.72. The van der Waals surface area contributed by atoms with Gasteiger partial charge in [-0.1, -0.05) is 0 Å². The highest BCUT2D eigenvalue weighted by Crippen LogP contribution is 2.34. The monoisotopic (exact) mass is 238 g/mol. The predicted molar refractivity (Wildman–Crippen MR) is 69.1 cm³/mol. The minimum Gasteiger partial charge on any atom is -0.380 e. The Hall–Kier alpha value is -0.120. The van der Waals surface area contributed by atoms with E-state index < -0.39 is 0 Å². The van der Waals surface area contributed by atoms with Gasteiger partial charge in [0.25, 0.3) is 0 Å². The number of hydrogen-bond donors (Lipinski definition) is 1. The maximum atomic E-state index is 5.53. The Bertz CT molecular complexity index is 255. The van der Waals surface area contributed by atoms with E-state index in [1.165, 1.54) is 58.2 Å². The Balaban J connectivity index is 1.45. The standard InChI is InChI=1S/C14H26N2O/c1-17-13-3-2-8-16(10-13)14-7-4-11(14)9-15-12-5-6-12/h11-15H,2-10H2,1H3. The van der Waals surface area contributed by atoms with Gasteiger partial charge in [-0.2, -0.15) is 0 Å². The number of likely N-dealkylation sites (tertiary alicyclic amines) is 1. The molecule has 0 aromatic rings. The van der Waals surface area contributed by atoms with Crippen LogP contribution in [0.5, 0.6) is 0 Å². The van der Waals surface area contributed by atoms with Gasteiger partial charge >= 0.3 is 0 Å². The summed E-state index contributed by atoms with van der Waals surface area (Å²) in [6.07, 6.45) is 8.72. The lowest BCUT2D eigenvalue weighted by atomic mass is 9.77. The van der Waals surface area contributed by atoms with E-state index >= 15 is 0 Å². The first-order valence-electron chi connectivity index (χ1n) is 7.37. The zero-order valence-electron chi connectivity index (χ0n) is 11.0. The molecule has 3 rings (SSSR count). The van der Waals surface area contributed by atoms with Crippen LogP contribution in [0.2, 0.25) is 0 Å². The maximum Gasteiger partial charge on any atom is 0.0698 e. The van der Waals surface area contributed by atoms with Crippen molar-refractivity contribution in [3.8, 4) is 0 Å². The molecular weight excluding hydrogens is 212 g/mol. The van der Waals surface area contributed by atoms with Crippen molar-refractivity contribution in [3.63, 3.8) is 0 Å². The molecule has 2 saturated carbocycles. The lowest BCUT2D eigenvalue weighted by Crippen LogP contribution is -2.54. The lowest BCUT2D eigenvalue weighted by molar-refractivity contribution is -0.0224. The van der Waals surface area contributed by atoms with Gasteiger partial charge in [-0.25, -0.2) is 0 Å². The van der Waals surface area contributed by atoms with E-state index in [9.17, 15) is 0 Å². The number of ether oxygens (including phenoxy) is 1. The Morgan fingerprint density at radius 1 is 1.18 bits per heavy atom. The van der Waals surface area contributed by atoms with Gasteiger partial charge in [0.1, 0.15) is 0 Å². The minimum atomic E-state index is 0.487. The van der Waals surface area contributed by atoms with E-state index in [4.69, 9.17) is 4.74 Å². The number of methoxy groups -OCH3 is 1.